The minimum Gasteiger partial charge on any atom is -0.508 e. The maximum atomic E-state index is 9.92. The predicted octanol–water partition coefficient (Wildman–Crippen LogP) is 3.59. The monoisotopic (exact) mass is 270 g/mol. The van der Waals surface area contributed by atoms with Gasteiger partial charge in [-0.2, -0.15) is 0 Å². The van der Waals surface area contributed by atoms with E-state index >= 15 is 0 Å². The fourth-order valence-electron chi connectivity index (χ4n) is 5.23. The molecule has 0 aromatic heterocycles. The van der Waals surface area contributed by atoms with Gasteiger partial charge in [0, 0.05) is 0 Å². The highest BCUT2D eigenvalue weighted by Crippen LogP contribution is 2.57. The molecule has 0 saturated heterocycles. The second-order valence-corrected chi connectivity index (χ2v) is 6.95. The molecule has 4 aliphatic rings. The van der Waals surface area contributed by atoms with Crippen LogP contribution in [0.25, 0.3) is 5.57 Å². The summed E-state index contributed by atoms with van der Waals surface area (Å²) < 4.78 is 0. The maximum absolute atomic E-state index is 9.92. The predicted molar refractivity (Wildman–Crippen MR) is 79.2 cm³/mol. The maximum Gasteiger partial charge on any atom is 0.116 e. The summed E-state index contributed by atoms with van der Waals surface area (Å²) in [6.45, 7) is 0.0983. The molecule has 0 radical (unpaired) electrons. The molecule has 2 heteroatoms. The third kappa shape index (κ3) is 1.89. The second kappa shape index (κ2) is 4.63. The lowest BCUT2D eigenvalue weighted by Gasteiger charge is -2.52. The zero-order valence-corrected chi connectivity index (χ0v) is 11.8. The molecule has 4 aliphatic carbocycles. The van der Waals surface area contributed by atoms with Gasteiger partial charge in [-0.1, -0.05) is 17.7 Å². The molecule has 4 bridgehead atoms. The van der Waals surface area contributed by atoms with E-state index in [1.165, 1.54) is 37.7 Å². The van der Waals surface area contributed by atoms with Crippen LogP contribution >= 0.6 is 0 Å². The Morgan fingerprint density at radius 1 is 1.00 bits per heavy atom. The summed E-state index contributed by atoms with van der Waals surface area (Å²) in [4.78, 5) is 0. The third-order valence-electron chi connectivity index (χ3n) is 5.72. The third-order valence-corrected chi connectivity index (χ3v) is 5.72. The molecule has 106 valence electrons. The molecular formula is C18H22O2. The molecular weight excluding hydrogens is 248 g/mol. The Labute approximate surface area is 120 Å². The summed E-state index contributed by atoms with van der Waals surface area (Å²) in [6.07, 6.45) is 6.74. The Hall–Kier alpha value is -1.28. The average Bonchev–Trinajstić information content (AvgIpc) is 2.42. The van der Waals surface area contributed by atoms with Gasteiger partial charge in [-0.05, 0) is 79.0 Å². The lowest BCUT2D eigenvalue weighted by Crippen LogP contribution is -2.41. The van der Waals surface area contributed by atoms with E-state index in [4.69, 9.17) is 0 Å². The van der Waals surface area contributed by atoms with Crippen molar-refractivity contribution in [2.45, 2.75) is 32.1 Å². The number of phenolic OH excluding ortho intramolecular Hbond substituents is 1. The van der Waals surface area contributed by atoms with Crippen LogP contribution in [0.15, 0.2) is 29.8 Å². The molecule has 2 nitrogen and oxygen atoms in total. The number of benzene rings is 1. The topological polar surface area (TPSA) is 40.5 Å². The van der Waals surface area contributed by atoms with Crippen LogP contribution in [0, 0.1) is 23.7 Å². The van der Waals surface area contributed by atoms with Crippen LogP contribution in [0.2, 0.25) is 0 Å². The summed E-state index contributed by atoms with van der Waals surface area (Å²) in [7, 11) is 0. The van der Waals surface area contributed by atoms with Crippen LogP contribution in [-0.4, -0.2) is 16.8 Å². The van der Waals surface area contributed by atoms with Crippen molar-refractivity contribution in [2.24, 2.45) is 23.7 Å². The molecule has 0 spiro atoms. The van der Waals surface area contributed by atoms with Crippen molar-refractivity contribution in [1.82, 2.24) is 0 Å². The Morgan fingerprint density at radius 2 is 1.65 bits per heavy atom. The van der Waals surface area contributed by atoms with Gasteiger partial charge in [-0.15, -0.1) is 0 Å². The summed E-state index contributed by atoms with van der Waals surface area (Å²) in [5.74, 6) is 3.54. The highest BCUT2D eigenvalue weighted by atomic mass is 16.3. The average molecular weight is 270 g/mol. The first-order chi connectivity index (χ1) is 9.74. The molecule has 0 unspecified atom stereocenters. The molecule has 4 saturated carbocycles. The Morgan fingerprint density at radius 3 is 2.20 bits per heavy atom. The van der Waals surface area contributed by atoms with Gasteiger partial charge in [0.15, 0.2) is 0 Å². The zero-order valence-electron chi connectivity index (χ0n) is 11.8. The van der Waals surface area contributed by atoms with E-state index in [1.807, 2.05) is 12.1 Å². The largest absolute Gasteiger partial charge is 0.508 e. The molecule has 20 heavy (non-hydrogen) atoms. The first-order valence-corrected chi connectivity index (χ1v) is 7.87. The van der Waals surface area contributed by atoms with Gasteiger partial charge in [-0.25, -0.2) is 0 Å². The summed E-state index contributed by atoms with van der Waals surface area (Å²) >= 11 is 0. The van der Waals surface area contributed by atoms with Crippen LogP contribution < -0.4 is 0 Å². The number of rotatable bonds is 2. The molecule has 0 heterocycles. The van der Waals surface area contributed by atoms with Crippen LogP contribution in [-0.2, 0) is 0 Å². The normalized spacial score (nSPS) is 34.5. The first kappa shape index (κ1) is 12.5. The van der Waals surface area contributed by atoms with E-state index in [9.17, 15) is 10.2 Å². The van der Waals surface area contributed by atoms with E-state index in [2.05, 4.69) is 0 Å². The number of hydrogen-bond acceptors (Lipinski definition) is 2. The fraction of sp³-hybridized carbons (Fsp3) is 0.556. The van der Waals surface area contributed by atoms with Crippen molar-refractivity contribution >= 4 is 5.57 Å². The van der Waals surface area contributed by atoms with Crippen molar-refractivity contribution in [1.29, 1.82) is 0 Å². The fourth-order valence-corrected chi connectivity index (χ4v) is 5.23. The van der Waals surface area contributed by atoms with Crippen molar-refractivity contribution in [3.63, 3.8) is 0 Å². The number of phenols is 1. The SMILES string of the molecule is OCC(=C1C2CC3CC(C2)CC1C3)c1cccc(O)c1. The molecule has 4 fully saturated rings. The quantitative estimate of drug-likeness (QED) is 0.862. The van der Waals surface area contributed by atoms with Crippen LogP contribution in [0.4, 0.5) is 0 Å². The number of allylic oxidation sites excluding steroid dienone is 1. The van der Waals surface area contributed by atoms with Gasteiger partial charge in [0.2, 0.25) is 0 Å². The van der Waals surface area contributed by atoms with Crippen LogP contribution in [0.5, 0.6) is 5.75 Å². The lowest BCUT2D eigenvalue weighted by atomic mass is 9.53. The van der Waals surface area contributed by atoms with Gasteiger partial charge < -0.3 is 10.2 Å². The minimum absolute atomic E-state index is 0.0983. The van der Waals surface area contributed by atoms with E-state index in [-0.39, 0.29) is 12.4 Å². The van der Waals surface area contributed by atoms with Gasteiger partial charge in [0.1, 0.15) is 5.75 Å². The molecule has 0 aliphatic heterocycles. The number of hydrogen-bond donors (Lipinski definition) is 2. The van der Waals surface area contributed by atoms with Crippen molar-refractivity contribution in [3.8, 4) is 5.75 Å². The molecule has 1 aromatic carbocycles. The Kier molecular flexibility index (Phi) is 2.88. The highest BCUT2D eigenvalue weighted by Gasteiger charge is 2.46. The van der Waals surface area contributed by atoms with Gasteiger partial charge in [0.25, 0.3) is 0 Å². The minimum atomic E-state index is 0.0983. The molecule has 5 rings (SSSR count). The van der Waals surface area contributed by atoms with Crippen LogP contribution in [0.1, 0.15) is 37.7 Å². The van der Waals surface area contributed by atoms with Gasteiger partial charge in [0.05, 0.1) is 6.61 Å². The van der Waals surface area contributed by atoms with E-state index in [1.54, 1.807) is 12.1 Å². The van der Waals surface area contributed by atoms with E-state index < -0.39 is 0 Å². The Bertz CT molecular complexity index is 528. The van der Waals surface area contributed by atoms with Gasteiger partial charge in [-0.3, -0.25) is 0 Å². The van der Waals surface area contributed by atoms with E-state index in [0.717, 1.165) is 23.0 Å². The lowest BCUT2D eigenvalue weighted by molar-refractivity contribution is 0.0698. The van der Waals surface area contributed by atoms with Crippen LogP contribution in [0.3, 0.4) is 0 Å². The highest BCUT2D eigenvalue weighted by molar-refractivity contribution is 5.71. The second-order valence-electron chi connectivity index (χ2n) is 6.95. The van der Waals surface area contributed by atoms with Crippen molar-refractivity contribution < 1.29 is 10.2 Å². The smallest absolute Gasteiger partial charge is 0.116 e. The van der Waals surface area contributed by atoms with Gasteiger partial charge >= 0.3 is 0 Å². The van der Waals surface area contributed by atoms with Crippen molar-refractivity contribution in [2.75, 3.05) is 6.61 Å². The number of aliphatic hydroxyl groups is 1. The summed E-state index contributed by atoms with van der Waals surface area (Å²) in [5, 5.41) is 19.6. The Balaban J connectivity index is 1.79. The zero-order chi connectivity index (χ0) is 13.7. The first-order valence-electron chi connectivity index (χ1n) is 7.87. The van der Waals surface area contributed by atoms with Crippen molar-refractivity contribution in [3.05, 3.63) is 35.4 Å². The molecule has 2 N–H and O–H groups in total. The van der Waals surface area contributed by atoms with E-state index in [0.29, 0.717) is 11.8 Å². The number of aromatic hydroxyl groups is 1. The standard InChI is InChI=1S/C18H22O2/c19-10-17(13-2-1-3-16(20)9-13)18-14-5-11-4-12(7-14)8-15(18)6-11/h1-3,9,11-12,14-15,19-20H,4-8,10H2. The summed E-state index contributed by atoms with van der Waals surface area (Å²) in [6, 6.07) is 7.38. The molecule has 0 amide bonds. The molecule has 0 atom stereocenters. The molecule has 1 aromatic rings. The number of aliphatic hydroxyl groups excluding tert-OH is 1. The summed E-state index contributed by atoms with van der Waals surface area (Å²) in [5.41, 5.74) is 3.62.